The van der Waals surface area contributed by atoms with Crippen molar-refractivity contribution >= 4 is 46.1 Å². The van der Waals surface area contributed by atoms with Crippen molar-refractivity contribution in [2.24, 2.45) is 0 Å². The molecule has 0 radical (unpaired) electrons. The predicted molar refractivity (Wildman–Crippen MR) is 148 cm³/mol. The number of hydrogen-bond donors (Lipinski definition) is 0. The Morgan fingerprint density at radius 2 is 1.11 bits per heavy atom. The van der Waals surface area contributed by atoms with Gasteiger partial charge in [0.1, 0.15) is 17.3 Å². The lowest BCUT2D eigenvalue weighted by atomic mass is 9.97. The van der Waals surface area contributed by atoms with Gasteiger partial charge < -0.3 is 4.90 Å². The van der Waals surface area contributed by atoms with Gasteiger partial charge in [0.2, 0.25) is 0 Å². The Balaban J connectivity index is 1.41. The van der Waals surface area contributed by atoms with Crippen LogP contribution in [-0.4, -0.2) is 15.0 Å². The number of fused-ring (bicyclic) bond motifs is 1. The first kappa shape index (κ1) is 21.9. The van der Waals surface area contributed by atoms with E-state index in [4.69, 9.17) is 0 Å². The van der Waals surface area contributed by atoms with Crippen LogP contribution in [0.4, 0.5) is 17.1 Å². The number of aldehydes is 1. The minimum atomic E-state index is 0.643. The number of benzene rings is 5. The van der Waals surface area contributed by atoms with E-state index in [9.17, 15) is 4.79 Å². The highest BCUT2D eigenvalue weighted by Crippen LogP contribution is 2.38. The molecule has 0 atom stereocenters. The van der Waals surface area contributed by atoms with Crippen LogP contribution in [-0.2, 0) is 0 Å². The zero-order valence-electron chi connectivity index (χ0n) is 19.3. The third-order valence-corrected chi connectivity index (χ3v) is 6.74. The summed E-state index contributed by atoms with van der Waals surface area (Å²) in [5.74, 6) is 0. The molecule has 0 N–H and O–H groups in total. The van der Waals surface area contributed by atoms with Gasteiger partial charge in [-0.3, -0.25) is 4.79 Å². The zero-order chi connectivity index (χ0) is 24.3. The fourth-order valence-electron chi connectivity index (χ4n) is 4.50. The monoisotopic (exact) mass is 483 g/mol. The van der Waals surface area contributed by atoms with E-state index < -0.39 is 0 Å². The Hall–Kier alpha value is -4.61. The van der Waals surface area contributed by atoms with Gasteiger partial charge in [0, 0.05) is 33.8 Å². The summed E-state index contributed by atoms with van der Waals surface area (Å²) in [6.07, 6.45) is 0.865. The van der Waals surface area contributed by atoms with Crippen LogP contribution in [0.5, 0.6) is 0 Å². The average molecular weight is 484 g/mol. The summed E-state index contributed by atoms with van der Waals surface area (Å²) in [6.45, 7) is 0. The van der Waals surface area contributed by atoms with Crippen LogP contribution >= 0.6 is 11.7 Å². The normalized spacial score (nSPS) is 10.9. The summed E-state index contributed by atoms with van der Waals surface area (Å²) in [5, 5.41) is 0. The molecule has 0 amide bonds. The number of hydrogen-bond acceptors (Lipinski definition) is 5. The number of carbonyl (C=O) groups excluding carboxylic acids is 1. The lowest BCUT2D eigenvalue weighted by molar-refractivity contribution is 0.112. The smallest absolute Gasteiger partial charge is 0.150 e. The van der Waals surface area contributed by atoms with E-state index >= 15 is 0 Å². The SMILES string of the molecule is O=Cc1cccc(-c2ccc(-c3ccc(N(c4ccccc4)c4ccccc4)cc3)c3nsnc23)c1. The van der Waals surface area contributed by atoms with Crippen molar-refractivity contribution in [2.75, 3.05) is 4.90 Å². The van der Waals surface area contributed by atoms with Crippen LogP contribution in [0.15, 0.2) is 121 Å². The van der Waals surface area contributed by atoms with Crippen molar-refractivity contribution in [3.8, 4) is 22.3 Å². The van der Waals surface area contributed by atoms with Crippen LogP contribution in [0.2, 0.25) is 0 Å². The van der Waals surface area contributed by atoms with E-state index in [1.807, 2.05) is 30.3 Å². The lowest BCUT2D eigenvalue weighted by Gasteiger charge is -2.25. The molecule has 0 spiro atoms. The Kier molecular flexibility index (Phi) is 5.82. The summed E-state index contributed by atoms with van der Waals surface area (Å²) < 4.78 is 9.22. The second kappa shape index (κ2) is 9.56. The topological polar surface area (TPSA) is 46.1 Å². The molecule has 1 aromatic heterocycles. The molecule has 5 heteroatoms. The summed E-state index contributed by atoms with van der Waals surface area (Å²) in [5.41, 5.74) is 9.68. The molecule has 0 saturated heterocycles. The molecule has 1 heterocycles. The fourth-order valence-corrected chi connectivity index (χ4v) is 5.08. The third kappa shape index (κ3) is 4.06. The van der Waals surface area contributed by atoms with Crippen molar-refractivity contribution in [2.45, 2.75) is 0 Å². The molecule has 0 bridgehead atoms. The minimum Gasteiger partial charge on any atom is -0.311 e. The second-order valence-corrected chi connectivity index (χ2v) is 8.95. The van der Waals surface area contributed by atoms with E-state index in [0.29, 0.717) is 5.56 Å². The Labute approximate surface area is 213 Å². The summed E-state index contributed by atoms with van der Waals surface area (Å²) in [4.78, 5) is 13.5. The van der Waals surface area contributed by atoms with E-state index in [1.165, 1.54) is 11.7 Å². The summed E-state index contributed by atoms with van der Waals surface area (Å²) in [6, 6.07) is 41.0. The molecule has 4 nitrogen and oxygen atoms in total. The van der Waals surface area contributed by atoms with Gasteiger partial charge in [-0.05, 0) is 53.6 Å². The van der Waals surface area contributed by atoms with Gasteiger partial charge >= 0.3 is 0 Å². The highest BCUT2D eigenvalue weighted by molar-refractivity contribution is 7.00. The maximum absolute atomic E-state index is 11.3. The number of aromatic nitrogens is 2. The number of carbonyl (C=O) groups is 1. The van der Waals surface area contributed by atoms with Crippen LogP contribution in [0.25, 0.3) is 33.3 Å². The van der Waals surface area contributed by atoms with Crippen molar-refractivity contribution in [3.63, 3.8) is 0 Å². The van der Waals surface area contributed by atoms with Gasteiger partial charge in [-0.1, -0.05) is 78.9 Å². The zero-order valence-corrected chi connectivity index (χ0v) is 20.1. The molecule has 5 aromatic carbocycles. The maximum atomic E-state index is 11.3. The molecule has 0 unspecified atom stereocenters. The lowest BCUT2D eigenvalue weighted by Crippen LogP contribution is -2.09. The highest BCUT2D eigenvalue weighted by Gasteiger charge is 2.15. The number of nitrogens with zero attached hydrogens (tertiary/aromatic N) is 3. The number of anilines is 3. The van der Waals surface area contributed by atoms with Gasteiger partial charge in [-0.2, -0.15) is 8.75 Å². The first-order valence-electron chi connectivity index (χ1n) is 11.6. The molecule has 0 aliphatic rings. The van der Waals surface area contributed by atoms with Crippen LogP contribution in [0.1, 0.15) is 10.4 Å². The second-order valence-electron chi connectivity index (χ2n) is 8.42. The van der Waals surface area contributed by atoms with E-state index in [-0.39, 0.29) is 0 Å². The fraction of sp³-hybridized carbons (Fsp3) is 0. The summed E-state index contributed by atoms with van der Waals surface area (Å²) in [7, 11) is 0. The first-order valence-corrected chi connectivity index (χ1v) is 12.4. The first-order chi connectivity index (χ1) is 17.8. The molecular formula is C31H21N3OS. The molecule has 0 aliphatic heterocycles. The Morgan fingerprint density at radius 1 is 0.556 bits per heavy atom. The molecular weight excluding hydrogens is 462 g/mol. The molecule has 6 rings (SSSR count). The van der Waals surface area contributed by atoms with E-state index in [2.05, 4.69) is 98.6 Å². The predicted octanol–water partition coefficient (Wildman–Crippen LogP) is 8.31. The summed E-state index contributed by atoms with van der Waals surface area (Å²) >= 11 is 1.21. The third-order valence-electron chi connectivity index (χ3n) is 6.21. The average Bonchev–Trinajstić information content (AvgIpc) is 3.45. The van der Waals surface area contributed by atoms with E-state index in [0.717, 1.165) is 56.6 Å². The molecule has 6 aromatic rings. The van der Waals surface area contributed by atoms with Crippen LogP contribution < -0.4 is 4.90 Å². The van der Waals surface area contributed by atoms with Crippen molar-refractivity contribution in [1.29, 1.82) is 0 Å². The molecule has 0 aliphatic carbocycles. The number of para-hydroxylation sites is 2. The number of rotatable bonds is 6. The Bertz CT molecular complexity index is 1610. The van der Waals surface area contributed by atoms with Crippen LogP contribution in [0.3, 0.4) is 0 Å². The highest BCUT2D eigenvalue weighted by atomic mass is 32.1. The molecule has 172 valence electrons. The van der Waals surface area contributed by atoms with Crippen molar-refractivity contribution in [3.05, 3.63) is 127 Å². The van der Waals surface area contributed by atoms with Gasteiger partial charge in [0.05, 0.1) is 11.7 Å². The van der Waals surface area contributed by atoms with Gasteiger partial charge in [-0.15, -0.1) is 0 Å². The molecule has 0 fully saturated rings. The van der Waals surface area contributed by atoms with E-state index in [1.54, 1.807) is 6.07 Å². The van der Waals surface area contributed by atoms with Gasteiger partial charge in [0.15, 0.2) is 0 Å². The van der Waals surface area contributed by atoms with Gasteiger partial charge in [0.25, 0.3) is 0 Å². The van der Waals surface area contributed by atoms with Crippen LogP contribution in [0, 0.1) is 0 Å². The quantitative estimate of drug-likeness (QED) is 0.224. The largest absolute Gasteiger partial charge is 0.311 e. The molecule has 36 heavy (non-hydrogen) atoms. The Morgan fingerprint density at radius 3 is 1.69 bits per heavy atom. The van der Waals surface area contributed by atoms with Crippen molar-refractivity contribution < 1.29 is 4.79 Å². The molecule has 0 saturated carbocycles. The maximum Gasteiger partial charge on any atom is 0.150 e. The standard InChI is InChI=1S/C31H21N3OS/c35-21-22-8-7-9-24(20-22)29-19-18-28(30-31(29)33-36-32-30)23-14-16-27(17-15-23)34(25-10-3-1-4-11-25)26-12-5-2-6-13-26/h1-21H. The minimum absolute atomic E-state index is 0.643. The van der Waals surface area contributed by atoms with Gasteiger partial charge in [-0.25, -0.2) is 0 Å². The van der Waals surface area contributed by atoms with Crippen molar-refractivity contribution in [1.82, 2.24) is 8.75 Å².